The number of Topliss-reactive ketones (excluding diaryl/α,β-unsaturated/α-hetero) is 3. The maximum atomic E-state index is 14.8. The monoisotopic (exact) mass is 1650 g/mol. The Morgan fingerprint density at radius 1 is 0.719 bits per heavy atom. The molecule has 0 radical (unpaired) electrons. The maximum absolute atomic E-state index is 14.8. The number of ketones is 3. The van der Waals surface area contributed by atoms with Crippen molar-refractivity contribution in [3.8, 4) is 0 Å². The van der Waals surface area contributed by atoms with Crippen LogP contribution >= 0.6 is 21.6 Å². The molecule has 20 atom stereocenters. The summed E-state index contributed by atoms with van der Waals surface area (Å²) < 4.78 is 41.2. The lowest BCUT2D eigenvalue weighted by atomic mass is 9.78. The molecule has 3 aliphatic heterocycles. The van der Waals surface area contributed by atoms with Crippen molar-refractivity contribution in [3.05, 3.63) is 47.6 Å². The molecule has 0 aromatic rings. The molecule has 36 nitrogen and oxygen atoms in total. The zero-order valence-electron chi connectivity index (χ0n) is 66.6. The van der Waals surface area contributed by atoms with Crippen molar-refractivity contribution in [1.29, 1.82) is 0 Å². The van der Waals surface area contributed by atoms with E-state index in [1.54, 1.807) is 39.0 Å². The number of piperidine rings is 1. The second-order valence-corrected chi connectivity index (χ2v) is 32.2. The topological polar surface area (TPSA) is 553 Å². The van der Waals surface area contributed by atoms with Crippen LogP contribution in [0.4, 0.5) is 4.79 Å². The van der Waals surface area contributed by atoms with Crippen LogP contribution in [0.5, 0.6) is 0 Å². The number of guanidine groups is 1. The van der Waals surface area contributed by atoms with E-state index in [1.165, 1.54) is 41.4 Å². The van der Waals surface area contributed by atoms with Crippen LogP contribution in [0.3, 0.4) is 0 Å². The van der Waals surface area contributed by atoms with Gasteiger partial charge in [0, 0.05) is 76.5 Å². The number of methoxy groups -OCH3 is 3. The lowest BCUT2D eigenvalue weighted by Gasteiger charge is -2.42. The summed E-state index contributed by atoms with van der Waals surface area (Å²) in [7, 11) is 7.32. The standard InChI is InChI=1S/C76H117N9O27S2/c1-40-18-13-12-14-19-41(2)57(106-9)34-48-24-22-46(7)76(105,112-48)66(95)71(100)85-27-16-15-21-54(85)73(103)110-58(43(4)32-47-23-25-55(86)59(33-47)107-10)38-56(87)42(3)31-45(6)64(65(108-11)63(94)44(5)30-40)111-75(104)109-28-29-113-114-39-53(72(101)102)84-70(99)52(37-62(92)93)83-69(98)51(36-61(90)91)82-67(96)49(20-17-26-80-74(77)78)81-68(97)50(79-8)35-60(88)89/h12-14,18-19,31,40,42-44,46-55,57-59,64-65,79,86,105H,15-17,20-30,32-39H2,1-11H3,(H,81,97)(H,82,96)(H,83,98)(H,84,99)(H,88,89)(H,90,91)(H,92,93)(H,101,102)(H4,77,78,80)/b14-12+,18-13+,41-19+,45-31+/t40-,42-,43-,44-,46-,47+,48+,49+,50+,51+,52+,53+,54+,55-,57+,58+,59-,64-,65+,76-/m1/s1. The number of hydrogen-bond donors (Lipinski definition) is 13. The third-order valence-electron chi connectivity index (χ3n) is 20.6. The molecule has 5 amide bonds. The minimum absolute atomic E-state index is 0.00763. The van der Waals surface area contributed by atoms with Gasteiger partial charge in [0.1, 0.15) is 48.7 Å². The number of aliphatic hydroxyl groups is 2. The SMILES string of the molecule is CN[C@@H](CC(=O)O)C(=O)N[C@@H](CCCN=C(N)N)C(=O)N[C@@H](CC(=O)O)C(=O)N[C@@H](CC(=O)O)C(=O)N[C@@H](CSSCCOC(=O)O[C@@H]1/C(C)=C/[C@@H](C)C(=O)C[C@@H]([C@H](C)C[C@@H]2CC[C@@H](O)[C@H](OC)C2)OC(=O)[C@@H]2CCCCN2C(=O)C(=O)[C@]2(O)O[C@@H](CC[C@H]2C)C[C@H](OC)/C(C)=C/C=C/C=C/[C@@H](C)C[C@@H](C)C(=O)[C@@H]1OC)C(=O)O. The Balaban J connectivity index is 1.60. The van der Waals surface area contributed by atoms with Crippen LogP contribution in [0.2, 0.25) is 0 Å². The van der Waals surface area contributed by atoms with Crippen molar-refractivity contribution >= 4 is 110 Å². The molecule has 1 aliphatic carbocycles. The van der Waals surface area contributed by atoms with Crippen LogP contribution in [0, 0.1) is 35.5 Å². The van der Waals surface area contributed by atoms with E-state index in [1.807, 2.05) is 38.2 Å². The first-order valence-electron chi connectivity index (χ1n) is 38.2. The summed E-state index contributed by atoms with van der Waals surface area (Å²) in [6, 6.07) is -10.2. The molecule has 38 heteroatoms. The van der Waals surface area contributed by atoms with Gasteiger partial charge >= 0.3 is 36.0 Å². The van der Waals surface area contributed by atoms with Crippen molar-refractivity contribution in [2.45, 2.75) is 242 Å². The van der Waals surface area contributed by atoms with E-state index >= 15 is 0 Å². The Kier molecular flexibility index (Phi) is 42.0. The number of nitrogens with two attached hydrogens (primary N) is 2. The predicted molar refractivity (Wildman–Crippen MR) is 415 cm³/mol. The average Bonchev–Trinajstić information content (AvgIpc) is 0.772. The number of carbonyl (C=O) groups excluding carboxylic acids is 10. The van der Waals surface area contributed by atoms with E-state index in [9.17, 15) is 97.8 Å². The molecule has 640 valence electrons. The molecule has 0 aromatic carbocycles. The Morgan fingerprint density at radius 2 is 1.33 bits per heavy atom. The second-order valence-electron chi connectivity index (χ2n) is 29.6. The van der Waals surface area contributed by atoms with E-state index in [0.717, 1.165) is 32.1 Å². The van der Waals surface area contributed by atoms with Gasteiger partial charge in [0.15, 0.2) is 24.0 Å². The fourth-order valence-corrected chi connectivity index (χ4v) is 16.0. The van der Waals surface area contributed by atoms with E-state index in [2.05, 4.69) is 26.3 Å². The van der Waals surface area contributed by atoms with Gasteiger partial charge in [-0.15, -0.1) is 0 Å². The number of likely N-dealkylation sites (N-methyl/N-ethyl adjacent to an activating group) is 1. The van der Waals surface area contributed by atoms with Gasteiger partial charge in [-0.2, -0.15) is 0 Å². The number of ether oxygens (including phenoxy) is 7. The van der Waals surface area contributed by atoms with Crippen LogP contribution in [0.1, 0.15) is 158 Å². The number of allylic oxidation sites excluding steroid dienone is 6. The molecule has 1 saturated carbocycles. The first-order chi connectivity index (χ1) is 53.8. The Hall–Kier alpha value is -8.37. The molecule has 2 saturated heterocycles. The number of aliphatic imine (C=N–C) groups is 1. The number of amides is 5. The highest BCUT2D eigenvalue weighted by Crippen LogP contribution is 2.38. The molecule has 0 aromatic heterocycles. The fourth-order valence-electron chi connectivity index (χ4n) is 14.0. The van der Waals surface area contributed by atoms with Gasteiger partial charge in [-0.3, -0.25) is 57.7 Å². The van der Waals surface area contributed by atoms with Gasteiger partial charge in [0.2, 0.25) is 29.4 Å². The number of aliphatic carboxylic acids is 4. The largest absolute Gasteiger partial charge is 0.509 e. The van der Waals surface area contributed by atoms with E-state index in [4.69, 9.17) is 44.6 Å². The highest BCUT2D eigenvalue weighted by Gasteiger charge is 2.53. The van der Waals surface area contributed by atoms with Gasteiger partial charge in [-0.05, 0) is 127 Å². The van der Waals surface area contributed by atoms with Crippen molar-refractivity contribution < 1.29 is 131 Å². The van der Waals surface area contributed by atoms with Crippen molar-refractivity contribution in [2.75, 3.05) is 59.6 Å². The minimum atomic E-state index is -2.54. The third-order valence-corrected chi connectivity index (χ3v) is 23.0. The molecule has 0 spiro atoms. The number of esters is 1. The lowest BCUT2D eigenvalue weighted by Crippen LogP contribution is -2.61. The zero-order chi connectivity index (χ0) is 85.3. The van der Waals surface area contributed by atoms with Crippen LogP contribution in [0.25, 0.3) is 0 Å². The number of aliphatic hydroxyl groups excluding tert-OH is 1. The number of rotatable bonds is 33. The van der Waals surface area contributed by atoms with Crippen molar-refractivity contribution in [2.24, 2.45) is 52.0 Å². The van der Waals surface area contributed by atoms with E-state index < -0.39 is 223 Å². The Bertz CT molecular complexity index is 3480. The van der Waals surface area contributed by atoms with Gasteiger partial charge in [0.05, 0.1) is 49.7 Å². The number of nitrogens with one attached hydrogen (secondary N) is 5. The van der Waals surface area contributed by atoms with Crippen molar-refractivity contribution in [1.82, 2.24) is 31.5 Å². The molecule has 4 aliphatic rings. The minimum Gasteiger partial charge on any atom is -0.481 e. The highest BCUT2D eigenvalue weighted by molar-refractivity contribution is 8.76. The fraction of sp³-hybridized carbons (Fsp3) is 0.697. The maximum Gasteiger partial charge on any atom is 0.509 e. The molecular formula is C76H117N9O27S2. The first kappa shape index (κ1) is 98.0. The van der Waals surface area contributed by atoms with Gasteiger partial charge in [0.25, 0.3) is 11.7 Å². The molecule has 0 unspecified atom stereocenters. The van der Waals surface area contributed by atoms with E-state index in [0.29, 0.717) is 51.4 Å². The lowest BCUT2D eigenvalue weighted by molar-refractivity contribution is -0.265. The highest BCUT2D eigenvalue weighted by atomic mass is 33.1. The van der Waals surface area contributed by atoms with Gasteiger partial charge < -0.3 is 107 Å². The summed E-state index contributed by atoms with van der Waals surface area (Å²) in [6.45, 7) is 11.4. The smallest absolute Gasteiger partial charge is 0.481 e. The van der Waals surface area contributed by atoms with E-state index in [-0.39, 0.29) is 80.7 Å². The second kappa shape index (κ2) is 48.9. The summed E-state index contributed by atoms with van der Waals surface area (Å²) in [6.07, 6.45) is 3.17. The summed E-state index contributed by atoms with van der Waals surface area (Å²) in [5, 5.41) is 72.9. The van der Waals surface area contributed by atoms with Crippen LogP contribution in [-0.4, -0.2) is 269 Å². The molecule has 4 rings (SSSR count). The molecular weight excluding hydrogens is 1540 g/mol. The number of fused-ring (bicyclic) bond motifs is 3. The normalized spacial score (nSPS) is 29.0. The zero-order valence-corrected chi connectivity index (χ0v) is 68.2. The van der Waals surface area contributed by atoms with Crippen LogP contribution in [0.15, 0.2) is 52.6 Å². The average molecular weight is 1650 g/mol. The summed E-state index contributed by atoms with van der Waals surface area (Å²) in [4.78, 5) is 194. The number of carboxylic acid groups (broad SMARTS) is 4. The number of carboxylic acids is 4. The van der Waals surface area contributed by atoms with Crippen molar-refractivity contribution in [3.63, 3.8) is 0 Å². The van der Waals surface area contributed by atoms with Crippen LogP contribution < -0.4 is 38.1 Å². The van der Waals surface area contributed by atoms with Crippen LogP contribution in [-0.2, 0) is 95.5 Å². The number of cyclic esters (lactones) is 1. The Morgan fingerprint density at radius 3 is 1.93 bits per heavy atom. The molecule has 15 N–H and O–H groups in total. The molecule has 3 fully saturated rings. The predicted octanol–water partition coefficient (Wildman–Crippen LogP) is 2.81. The Labute approximate surface area is 671 Å². The quantitative estimate of drug-likeness (QED) is 0.00854. The van der Waals surface area contributed by atoms with Gasteiger partial charge in [-0.1, -0.05) is 92.7 Å². The number of hydrogen-bond acceptors (Lipinski definition) is 27. The molecule has 114 heavy (non-hydrogen) atoms. The molecule has 3 heterocycles. The number of carbonyl (C=O) groups is 14. The summed E-state index contributed by atoms with van der Waals surface area (Å²) >= 11 is 0. The summed E-state index contributed by atoms with van der Waals surface area (Å²) in [5.41, 5.74) is 11.7. The molecule has 2 bridgehead atoms. The first-order valence-corrected chi connectivity index (χ1v) is 40.7. The third kappa shape index (κ3) is 31.7. The summed E-state index contributed by atoms with van der Waals surface area (Å²) in [5.74, 6) is -22.2. The number of nitrogens with zero attached hydrogens (tertiary/aromatic N) is 2. The van der Waals surface area contributed by atoms with Gasteiger partial charge in [-0.25, -0.2) is 14.4 Å².